The number of nitrogens with zero attached hydrogens (tertiary/aromatic N) is 3. The molecule has 4 aliphatic heterocycles. The molecule has 0 aromatic carbocycles. The number of carbonyl (C=O) groups excluding carboxylic acids is 3. The van der Waals surface area contributed by atoms with Gasteiger partial charge in [0.15, 0.2) is 0 Å². The highest BCUT2D eigenvalue weighted by atomic mass is 16.5. The van der Waals surface area contributed by atoms with E-state index in [-0.39, 0.29) is 29.7 Å². The molecule has 2 fully saturated rings. The Hall–Kier alpha value is -2.19. The fourth-order valence-corrected chi connectivity index (χ4v) is 7.97. The second-order valence-electron chi connectivity index (χ2n) is 13.7. The summed E-state index contributed by atoms with van der Waals surface area (Å²) in [5, 5.41) is 10.4. The van der Waals surface area contributed by atoms with Crippen molar-refractivity contribution in [2.45, 2.75) is 110 Å². The van der Waals surface area contributed by atoms with Crippen LogP contribution in [0.4, 0.5) is 0 Å². The van der Waals surface area contributed by atoms with E-state index in [4.69, 9.17) is 4.74 Å². The maximum atomic E-state index is 14.7. The molecule has 0 radical (unpaired) electrons. The number of likely N-dealkylation sites (tertiary alicyclic amines) is 1. The van der Waals surface area contributed by atoms with Crippen molar-refractivity contribution in [3.63, 3.8) is 0 Å². The Bertz CT molecular complexity index is 1040. The maximum absolute atomic E-state index is 14.7. The number of rotatable bonds is 8. The predicted molar refractivity (Wildman–Crippen MR) is 151 cm³/mol. The number of aliphatic hydroxyl groups excluding tert-OH is 1. The fourth-order valence-electron chi connectivity index (χ4n) is 7.97. The van der Waals surface area contributed by atoms with Gasteiger partial charge in [-0.25, -0.2) is 0 Å². The van der Waals surface area contributed by atoms with E-state index in [1.54, 1.807) is 4.90 Å². The molecule has 0 aromatic rings. The quantitative estimate of drug-likeness (QED) is 0.473. The van der Waals surface area contributed by atoms with Crippen molar-refractivity contribution in [3.05, 3.63) is 24.3 Å². The number of fused-ring (bicyclic) bond motifs is 2. The minimum absolute atomic E-state index is 0.0223. The maximum Gasteiger partial charge on any atom is 0.249 e. The van der Waals surface area contributed by atoms with Crippen LogP contribution in [0.15, 0.2) is 24.3 Å². The van der Waals surface area contributed by atoms with E-state index in [1.807, 2.05) is 54.9 Å². The SMILES string of the molecule is CCCN1CC=C[C@]2(CC)O[C@]34C=CCN(C(C)(C)CC(C)(C)C)C(=O)C3N([C@@H](CC)CO)C(=O)[C@@H]4[C@@H]2C1=O. The summed E-state index contributed by atoms with van der Waals surface area (Å²) in [6, 6.07) is -1.50. The first-order valence-electron chi connectivity index (χ1n) is 14.8. The molecule has 1 unspecified atom stereocenters. The van der Waals surface area contributed by atoms with Crippen molar-refractivity contribution < 1.29 is 24.2 Å². The van der Waals surface area contributed by atoms with Crippen LogP contribution in [0.1, 0.15) is 81.1 Å². The first-order valence-corrected chi connectivity index (χ1v) is 14.8. The van der Waals surface area contributed by atoms with E-state index in [9.17, 15) is 19.5 Å². The molecule has 8 heteroatoms. The first kappa shape index (κ1) is 29.8. The van der Waals surface area contributed by atoms with Crippen LogP contribution in [0.5, 0.6) is 0 Å². The molecule has 39 heavy (non-hydrogen) atoms. The molecule has 0 bridgehead atoms. The van der Waals surface area contributed by atoms with Crippen LogP contribution in [0, 0.1) is 17.3 Å². The summed E-state index contributed by atoms with van der Waals surface area (Å²) in [7, 11) is 0. The van der Waals surface area contributed by atoms with Crippen molar-refractivity contribution in [2.75, 3.05) is 26.2 Å². The molecule has 4 rings (SSSR count). The number of ether oxygens (including phenoxy) is 1. The van der Waals surface area contributed by atoms with Crippen LogP contribution in [0.25, 0.3) is 0 Å². The van der Waals surface area contributed by atoms with Crippen LogP contribution < -0.4 is 0 Å². The summed E-state index contributed by atoms with van der Waals surface area (Å²) in [4.78, 5) is 48.7. The molecule has 4 heterocycles. The summed E-state index contributed by atoms with van der Waals surface area (Å²) >= 11 is 0. The molecule has 1 N–H and O–H groups in total. The Morgan fingerprint density at radius 2 is 1.64 bits per heavy atom. The fraction of sp³-hybridized carbons (Fsp3) is 0.774. The molecule has 1 spiro atoms. The van der Waals surface area contributed by atoms with Crippen LogP contribution in [-0.4, -0.2) is 92.6 Å². The zero-order valence-corrected chi connectivity index (χ0v) is 25.2. The largest absolute Gasteiger partial charge is 0.394 e. The number of carbonyl (C=O) groups is 3. The topological polar surface area (TPSA) is 90.4 Å². The molecule has 4 aliphatic rings. The van der Waals surface area contributed by atoms with Gasteiger partial charge in [-0.1, -0.05) is 65.8 Å². The lowest BCUT2D eigenvalue weighted by Crippen LogP contribution is -2.62. The number of hydrogen-bond acceptors (Lipinski definition) is 5. The Labute approximate surface area is 234 Å². The highest BCUT2D eigenvalue weighted by Crippen LogP contribution is 2.59. The van der Waals surface area contributed by atoms with Crippen molar-refractivity contribution in [3.8, 4) is 0 Å². The van der Waals surface area contributed by atoms with E-state index < -0.39 is 40.7 Å². The molecule has 0 saturated carbocycles. The van der Waals surface area contributed by atoms with Crippen molar-refractivity contribution in [1.29, 1.82) is 0 Å². The Kier molecular flexibility index (Phi) is 7.89. The minimum atomic E-state index is -1.29. The van der Waals surface area contributed by atoms with Gasteiger partial charge in [0.05, 0.1) is 30.1 Å². The third-order valence-electron chi connectivity index (χ3n) is 9.22. The van der Waals surface area contributed by atoms with Gasteiger partial charge in [-0.05, 0) is 44.9 Å². The minimum Gasteiger partial charge on any atom is -0.394 e. The molecule has 6 atom stereocenters. The Balaban J connectivity index is 1.90. The van der Waals surface area contributed by atoms with Crippen LogP contribution in [0.3, 0.4) is 0 Å². The standard InChI is InChI=1S/C31H49N3O5/c1-9-16-32-17-12-14-30(11-3)22(25(32)36)23-26(37)34(21(10-2)19-35)24-27(38)33(18-13-15-31(23,24)39-30)29(7,8)20-28(4,5)6/h12-15,21-24,35H,9-11,16-20H2,1-8H3/t21-,22+,23-,24?,30-,31-/m0/s1. The van der Waals surface area contributed by atoms with Gasteiger partial charge in [0.1, 0.15) is 11.6 Å². The number of amides is 3. The average molecular weight is 544 g/mol. The first-order chi connectivity index (χ1) is 18.2. The molecule has 218 valence electrons. The molecule has 3 amide bonds. The van der Waals surface area contributed by atoms with Crippen LogP contribution >= 0.6 is 0 Å². The van der Waals surface area contributed by atoms with Crippen molar-refractivity contribution in [1.82, 2.24) is 14.7 Å². The molecular weight excluding hydrogens is 494 g/mol. The summed E-state index contributed by atoms with van der Waals surface area (Å²) < 4.78 is 7.03. The molecule has 2 saturated heterocycles. The van der Waals surface area contributed by atoms with E-state index in [2.05, 4.69) is 34.6 Å². The molecule has 0 aliphatic carbocycles. The molecule has 8 nitrogen and oxygen atoms in total. The van der Waals surface area contributed by atoms with Gasteiger partial charge in [0.2, 0.25) is 17.7 Å². The second-order valence-corrected chi connectivity index (χ2v) is 13.7. The van der Waals surface area contributed by atoms with Gasteiger partial charge in [-0.15, -0.1) is 0 Å². The van der Waals surface area contributed by atoms with E-state index in [0.717, 1.165) is 12.8 Å². The predicted octanol–water partition coefficient (Wildman–Crippen LogP) is 3.54. The van der Waals surface area contributed by atoms with Gasteiger partial charge < -0.3 is 24.5 Å². The number of aliphatic hydroxyl groups is 1. The van der Waals surface area contributed by atoms with Crippen LogP contribution in [-0.2, 0) is 19.1 Å². The Morgan fingerprint density at radius 3 is 2.21 bits per heavy atom. The molecule has 0 aromatic heterocycles. The zero-order chi connectivity index (χ0) is 29.0. The number of hydrogen-bond donors (Lipinski definition) is 1. The van der Waals surface area contributed by atoms with Crippen LogP contribution in [0.2, 0.25) is 0 Å². The highest BCUT2D eigenvalue weighted by Gasteiger charge is 2.76. The van der Waals surface area contributed by atoms with E-state index in [1.165, 1.54) is 0 Å². The zero-order valence-electron chi connectivity index (χ0n) is 25.2. The Morgan fingerprint density at radius 1 is 0.974 bits per heavy atom. The average Bonchev–Trinajstić information content (AvgIpc) is 3.13. The van der Waals surface area contributed by atoms with Gasteiger partial charge in [0, 0.05) is 25.2 Å². The summed E-state index contributed by atoms with van der Waals surface area (Å²) in [6.07, 6.45) is 10.4. The van der Waals surface area contributed by atoms with Gasteiger partial charge in [-0.3, -0.25) is 14.4 Å². The normalized spacial score (nSPS) is 33.7. The lowest BCUT2D eigenvalue weighted by atomic mass is 9.72. The summed E-state index contributed by atoms with van der Waals surface area (Å²) in [5.41, 5.74) is -2.78. The third kappa shape index (κ3) is 4.65. The summed E-state index contributed by atoms with van der Waals surface area (Å²) in [6.45, 7) is 17.8. The van der Waals surface area contributed by atoms with E-state index in [0.29, 0.717) is 32.5 Å². The van der Waals surface area contributed by atoms with Gasteiger partial charge in [0.25, 0.3) is 0 Å². The van der Waals surface area contributed by atoms with E-state index >= 15 is 0 Å². The van der Waals surface area contributed by atoms with Crippen molar-refractivity contribution in [2.24, 2.45) is 17.3 Å². The smallest absolute Gasteiger partial charge is 0.249 e. The highest BCUT2D eigenvalue weighted by molar-refractivity contribution is 6.00. The van der Waals surface area contributed by atoms with Gasteiger partial charge >= 0.3 is 0 Å². The summed E-state index contributed by atoms with van der Waals surface area (Å²) in [5.74, 6) is -2.12. The van der Waals surface area contributed by atoms with Crippen molar-refractivity contribution >= 4 is 17.7 Å². The monoisotopic (exact) mass is 543 g/mol. The third-order valence-corrected chi connectivity index (χ3v) is 9.22. The van der Waals surface area contributed by atoms with Gasteiger partial charge in [-0.2, -0.15) is 0 Å². The lowest BCUT2D eigenvalue weighted by Gasteiger charge is -2.45. The molecular formula is C31H49N3O5. The lowest BCUT2D eigenvalue weighted by molar-refractivity contribution is -0.160. The second kappa shape index (κ2) is 10.3.